The van der Waals surface area contributed by atoms with Crippen LogP contribution >= 0.6 is 0 Å². The van der Waals surface area contributed by atoms with Crippen LogP contribution in [0.2, 0.25) is 0 Å². The molecule has 0 aromatic carbocycles. The minimum absolute atomic E-state index is 0.395. The van der Waals surface area contributed by atoms with Crippen molar-refractivity contribution in [3.63, 3.8) is 0 Å². The molecule has 1 aliphatic heterocycles. The summed E-state index contributed by atoms with van der Waals surface area (Å²) in [6, 6.07) is 0.973. The summed E-state index contributed by atoms with van der Waals surface area (Å²) in [5, 5.41) is 0. The number of likely N-dealkylation sites (tertiary alicyclic amines) is 1. The summed E-state index contributed by atoms with van der Waals surface area (Å²) >= 11 is 0. The molecule has 2 N–H and O–H groups in total. The number of ether oxygens (including phenoxy) is 1. The molecule has 1 fully saturated rings. The Morgan fingerprint density at radius 2 is 2.29 bits per heavy atom. The number of hydrogen-bond acceptors (Lipinski definition) is 3. The zero-order valence-corrected chi connectivity index (χ0v) is 9.70. The molecule has 0 saturated carbocycles. The van der Waals surface area contributed by atoms with Crippen molar-refractivity contribution < 1.29 is 4.74 Å². The molecule has 14 heavy (non-hydrogen) atoms. The van der Waals surface area contributed by atoms with E-state index in [-0.39, 0.29) is 0 Å². The van der Waals surface area contributed by atoms with Crippen LogP contribution in [0.5, 0.6) is 0 Å². The van der Waals surface area contributed by atoms with Gasteiger partial charge < -0.3 is 10.5 Å². The van der Waals surface area contributed by atoms with Gasteiger partial charge in [-0.1, -0.05) is 13.8 Å². The van der Waals surface area contributed by atoms with Gasteiger partial charge in [-0.2, -0.15) is 0 Å². The van der Waals surface area contributed by atoms with Crippen molar-refractivity contribution in [2.75, 3.05) is 26.8 Å². The Kier molecular flexibility index (Phi) is 4.85. The SMILES string of the molecule is CCC(COC)N1CCC(N)C(C)C1. The van der Waals surface area contributed by atoms with Crippen molar-refractivity contribution in [1.29, 1.82) is 0 Å². The zero-order chi connectivity index (χ0) is 10.6. The van der Waals surface area contributed by atoms with E-state index in [9.17, 15) is 0 Å². The van der Waals surface area contributed by atoms with Gasteiger partial charge in [0.05, 0.1) is 6.61 Å². The standard InChI is InChI=1S/C11H24N2O/c1-4-10(8-14-3)13-6-5-11(12)9(2)7-13/h9-11H,4-8,12H2,1-3H3. The molecule has 3 heteroatoms. The van der Waals surface area contributed by atoms with Gasteiger partial charge in [0.2, 0.25) is 0 Å². The summed E-state index contributed by atoms with van der Waals surface area (Å²) in [6.07, 6.45) is 2.29. The Labute approximate surface area is 87.6 Å². The molecule has 0 aromatic rings. The van der Waals surface area contributed by atoms with Gasteiger partial charge in [-0.25, -0.2) is 0 Å². The molecule has 3 atom stereocenters. The molecule has 0 spiro atoms. The fourth-order valence-electron chi connectivity index (χ4n) is 2.20. The maximum atomic E-state index is 6.00. The first-order valence-corrected chi connectivity index (χ1v) is 5.67. The minimum atomic E-state index is 0.395. The highest BCUT2D eigenvalue weighted by Crippen LogP contribution is 2.18. The molecule has 0 aliphatic carbocycles. The van der Waals surface area contributed by atoms with E-state index in [4.69, 9.17) is 10.5 Å². The summed E-state index contributed by atoms with van der Waals surface area (Å²) in [5.74, 6) is 0.620. The fourth-order valence-corrected chi connectivity index (χ4v) is 2.20. The molecule has 1 rings (SSSR count). The zero-order valence-electron chi connectivity index (χ0n) is 9.70. The van der Waals surface area contributed by atoms with E-state index in [1.165, 1.54) is 0 Å². The first-order valence-electron chi connectivity index (χ1n) is 5.67. The molecule has 0 amide bonds. The lowest BCUT2D eigenvalue weighted by Gasteiger charge is -2.39. The molecular weight excluding hydrogens is 176 g/mol. The smallest absolute Gasteiger partial charge is 0.0617 e. The lowest BCUT2D eigenvalue weighted by atomic mass is 9.93. The number of hydrogen-bond donors (Lipinski definition) is 1. The molecule has 0 bridgehead atoms. The van der Waals surface area contributed by atoms with Crippen LogP contribution in [0.3, 0.4) is 0 Å². The third kappa shape index (κ3) is 2.94. The van der Waals surface area contributed by atoms with Crippen LogP contribution in [0.25, 0.3) is 0 Å². The Morgan fingerprint density at radius 3 is 2.79 bits per heavy atom. The van der Waals surface area contributed by atoms with Gasteiger partial charge in [-0.05, 0) is 18.8 Å². The maximum Gasteiger partial charge on any atom is 0.0617 e. The fraction of sp³-hybridized carbons (Fsp3) is 1.00. The third-order valence-electron chi connectivity index (χ3n) is 3.35. The van der Waals surface area contributed by atoms with Gasteiger partial charge in [0, 0.05) is 32.3 Å². The van der Waals surface area contributed by atoms with E-state index in [0.29, 0.717) is 18.0 Å². The van der Waals surface area contributed by atoms with Crippen LogP contribution in [0.1, 0.15) is 26.7 Å². The van der Waals surface area contributed by atoms with E-state index in [2.05, 4.69) is 18.7 Å². The van der Waals surface area contributed by atoms with E-state index in [0.717, 1.165) is 32.5 Å². The van der Waals surface area contributed by atoms with Gasteiger partial charge in [-0.3, -0.25) is 4.90 Å². The average Bonchev–Trinajstić information content (AvgIpc) is 2.19. The Bertz CT molecular complexity index is 163. The second-order valence-electron chi connectivity index (χ2n) is 4.44. The van der Waals surface area contributed by atoms with Gasteiger partial charge >= 0.3 is 0 Å². The maximum absolute atomic E-state index is 6.00. The highest BCUT2D eigenvalue weighted by molar-refractivity contribution is 4.83. The molecule has 1 heterocycles. The number of nitrogens with zero attached hydrogens (tertiary/aromatic N) is 1. The summed E-state index contributed by atoms with van der Waals surface area (Å²) in [6.45, 7) is 7.58. The lowest BCUT2D eigenvalue weighted by Crippen LogP contribution is -2.50. The van der Waals surface area contributed by atoms with Crippen LogP contribution in [0, 0.1) is 5.92 Å². The molecule has 3 unspecified atom stereocenters. The third-order valence-corrected chi connectivity index (χ3v) is 3.35. The lowest BCUT2D eigenvalue weighted by molar-refractivity contribution is 0.0545. The number of piperidine rings is 1. The van der Waals surface area contributed by atoms with Gasteiger partial charge in [0.25, 0.3) is 0 Å². The molecule has 0 radical (unpaired) electrons. The van der Waals surface area contributed by atoms with Crippen molar-refractivity contribution in [1.82, 2.24) is 4.90 Å². The minimum Gasteiger partial charge on any atom is -0.383 e. The molecule has 0 aromatic heterocycles. The first kappa shape index (κ1) is 12.0. The highest BCUT2D eigenvalue weighted by atomic mass is 16.5. The van der Waals surface area contributed by atoms with Crippen molar-refractivity contribution >= 4 is 0 Å². The Balaban J connectivity index is 2.43. The van der Waals surface area contributed by atoms with Crippen molar-refractivity contribution in [3.05, 3.63) is 0 Å². The van der Waals surface area contributed by atoms with Gasteiger partial charge in [0.1, 0.15) is 0 Å². The number of rotatable bonds is 4. The largest absolute Gasteiger partial charge is 0.383 e. The van der Waals surface area contributed by atoms with Crippen LogP contribution < -0.4 is 5.73 Å². The second-order valence-corrected chi connectivity index (χ2v) is 4.44. The highest BCUT2D eigenvalue weighted by Gasteiger charge is 2.26. The van der Waals surface area contributed by atoms with E-state index < -0.39 is 0 Å². The summed E-state index contributed by atoms with van der Waals surface area (Å²) in [5.41, 5.74) is 6.00. The summed E-state index contributed by atoms with van der Waals surface area (Å²) < 4.78 is 5.24. The van der Waals surface area contributed by atoms with Crippen LogP contribution in [0.4, 0.5) is 0 Å². The van der Waals surface area contributed by atoms with Crippen LogP contribution in [-0.4, -0.2) is 43.8 Å². The summed E-state index contributed by atoms with van der Waals surface area (Å²) in [4.78, 5) is 2.53. The van der Waals surface area contributed by atoms with E-state index >= 15 is 0 Å². The van der Waals surface area contributed by atoms with Crippen LogP contribution in [0.15, 0.2) is 0 Å². The molecule has 84 valence electrons. The van der Waals surface area contributed by atoms with Gasteiger partial charge in [0.15, 0.2) is 0 Å². The van der Waals surface area contributed by atoms with E-state index in [1.54, 1.807) is 7.11 Å². The van der Waals surface area contributed by atoms with Crippen molar-refractivity contribution in [2.24, 2.45) is 11.7 Å². The van der Waals surface area contributed by atoms with Gasteiger partial charge in [-0.15, -0.1) is 0 Å². The van der Waals surface area contributed by atoms with Crippen molar-refractivity contribution in [3.8, 4) is 0 Å². The number of methoxy groups -OCH3 is 1. The monoisotopic (exact) mass is 200 g/mol. The molecule has 1 saturated heterocycles. The Morgan fingerprint density at radius 1 is 1.57 bits per heavy atom. The number of nitrogens with two attached hydrogens (primary N) is 1. The predicted molar refractivity (Wildman–Crippen MR) is 59.3 cm³/mol. The molecular formula is C11H24N2O. The van der Waals surface area contributed by atoms with E-state index in [1.807, 2.05) is 0 Å². The second kappa shape index (κ2) is 5.69. The average molecular weight is 200 g/mol. The quantitative estimate of drug-likeness (QED) is 0.738. The predicted octanol–water partition coefficient (Wildman–Crippen LogP) is 1.08. The summed E-state index contributed by atoms with van der Waals surface area (Å²) in [7, 11) is 1.78. The van der Waals surface area contributed by atoms with Crippen LogP contribution in [-0.2, 0) is 4.74 Å². The molecule has 1 aliphatic rings. The topological polar surface area (TPSA) is 38.5 Å². The Hall–Kier alpha value is -0.120. The molecule has 3 nitrogen and oxygen atoms in total. The van der Waals surface area contributed by atoms with Crippen molar-refractivity contribution in [2.45, 2.75) is 38.8 Å². The normalized spacial score (nSPS) is 31.7. The first-order chi connectivity index (χ1) is 6.69.